The number of carbonyl (C=O) groups is 1. The van der Waals surface area contributed by atoms with Gasteiger partial charge in [0.05, 0.1) is 20.0 Å². The van der Waals surface area contributed by atoms with Gasteiger partial charge in [0, 0.05) is 12.2 Å². The Morgan fingerprint density at radius 2 is 1.61 bits per heavy atom. The highest BCUT2D eigenvalue weighted by Crippen LogP contribution is 2.28. The second-order valence-electron chi connectivity index (χ2n) is 6.37. The van der Waals surface area contributed by atoms with E-state index in [9.17, 15) is 13.2 Å². The van der Waals surface area contributed by atoms with E-state index in [2.05, 4.69) is 10.0 Å². The lowest BCUT2D eigenvalue weighted by Crippen LogP contribution is -2.23. The van der Waals surface area contributed by atoms with E-state index >= 15 is 0 Å². The van der Waals surface area contributed by atoms with Gasteiger partial charge >= 0.3 is 0 Å². The predicted octanol–water partition coefficient (Wildman–Crippen LogP) is 5.14. The van der Waals surface area contributed by atoms with Gasteiger partial charge in [-0.15, -0.1) is 0 Å². The van der Waals surface area contributed by atoms with Gasteiger partial charge in [0.2, 0.25) is 10.0 Å². The number of anilines is 1. The number of halogens is 3. The number of carbonyl (C=O) groups excluding carboxylic acids is 1. The van der Waals surface area contributed by atoms with Crippen molar-refractivity contribution in [3.63, 3.8) is 0 Å². The largest absolute Gasteiger partial charge is 0.482 e. The van der Waals surface area contributed by atoms with Gasteiger partial charge in [0.15, 0.2) is 6.61 Å². The predicted molar refractivity (Wildman–Crippen MR) is 123 cm³/mol. The van der Waals surface area contributed by atoms with E-state index in [-0.39, 0.29) is 28.8 Å². The molecule has 3 rings (SSSR count). The molecule has 3 aromatic carbocycles. The summed E-state index contributed by atoms with van der Waals surface area (Å²) in [6.45, 7) is -0.188. The average Bonchev–Trinajstić information content (AvgIpc) is 2.75. The average molecular weight is 500 g/mol. The standard InChI is InChI=1S/C21H17Cl3N2O4S/c22-17-8-6-15(10-18(17)23)26-21(27)13-30-20-9-7-16(11-19(20)24)31(28,29)25-12-14-4-2-1-3-5-14/h1-11,25H,12-13H2,(H,26,27). The number of hydrogen-bond acceptors (Lipinski definition) is 4. The number of sulfonamides is 1. The highest BCUT2D eigenvalue weighted by atomic mass is 35.5. The highest BCUT2D eigenvalue weighted by molar-refractivity contribution is 7.89. The summed E-state index contributed by atoms with van der Waals surface area (Å²) in [5, 5.41) is 3.35. The molecule has 0 aliphatic heterocycles. The Hall–Kier alpha value is -2.29. The van der Waals surface area contributed by atoms with Crippen molar-refractivity contribution in [2.45, 2.75) is 11.4 Å². The van der Waals surface area contributed by atoms with E-state index in [1.807, 2.05) is 30.3 Å². The van der Waals surface area contributed by atoms with E-state index in [0.717, 1.165) is 5.56 Å². The van der Waals surface area contributed by atoms with Gasteiger partial charge in [-0.05, 0) is 42.0 Å². The third-order valence-electron chi connectivity index (χ3n) is 4.08. The van der Waals surface area contributed by atoms with Crippen molar-refractivity contribution in [1.29, 1.82) is 0 Å². The van der Waals surface area contributed by atoms with E-state index < -0.39 is 15.9 Å². The van der Waals surface area contributed by atoms with Crippen LogP contribution in [0.3, 0.4) is 0 Å². The van der Waals surface area contributed by atoms with E-state index in [4.69, 9.17) is 39.5 Å². The van der Waals surface area contributed by atoms with Crippen LogP contribution in [0.1, 0.15) is 5.56 Å². The normalized spacial score (nSPS) is 11.2. The third kappa shape index (κ3) is 6.59. The zero-order valence-electron chi connectivity index (χ0n) is 15.9. The Kier molecular flexibility index (Phi) is 7.80. The molecule has 0 saturated heterocycles. The van der Waals surface area contributed by atoms with Crippen LogP contribution in [-0.2, 0) is 21.4 Å². The maximum Gasteiger partial charge on any atom is 0.262 e. The molecule has 0 unspecified atom stereocenters. The summed E-state index contributed by atoms with van der Waals surface area (Å²) in [5.41, 5.74) is 1.28. The maximum absolute atomic E-state index is 12.5. The topological polar surface area (TPSA) is 84.5 Å². The SMILES string of the molecule is O=C(COc1ccc(S(=O)(=O)NCc2ccccc2)cc1Cl)Nc1ccc(Cl)c(Cl)c1. The smallest absolute Gasteiger partial charge is 0.262 e. The molecule has 1 amide bonds. The molecule has 0 atom stereocenters. The Labute approximate surface area is 195 Å². The quantitative estimate of drug-likeness (QED) is 0.449. The van der Waals surface area contributed by atoms with Gasteiger partial charge in [-0.3, -0.25) is 4.79 Å². The minimum atomic E-state index is -3.77. The number of benzene rings is 3. The van der Waals surface area contributed by atoms with Gasteiger partial charge in [0.25, 0.3) is 5.91 Å². The van der Waals surface area contributed by atoms with Gasteiger partial charge in [-0.25, -0.2) is 13.1 Å². The van der Waals surface area contributed by atoms with Crippen molar-refractivity contribution in [2.24, 2.45) is 0 Å². The molecule has 0 bridgehead atoms. The van der Waals surface area contributed by atoms with Crippen LogP contribution in [0.4, 0.5) is 5.69 Å². The summed E-state index contributed by atoms with van der Waals surface area (Å²) < 4.78 is 32.9. The molecule has 0 aliphatic rings. The fourth-order valence-electron chi connectivity index (χ4n) is 2.54. The minimum Gasteiger partial charge on any atom is -0.482 e. The second kappa shape index (κ2) is 10.3. The van der Waals surface area contributed by atoms with Crippen LogP contribution in [0.2, 0.25) is 15.1 Å². The fraction of sp³-hybridized carbons (Fsp3) is 0.0952. The monoisotopic (exact) mass is 498 g/mol. The van der Waals surface area contributed by atoms with Crippen LogP contribution in [0.15, 0.2) is 71.6 Å². The first-order valence-corrected chi connectivity index (χ1v) is 11.6. The van der Waals surface area contributed by atoms with Gasteiger partial charge in [-0.1, -0.05) is 65.1 Å². The zero-order valence-corrected chi connectivity index (χ0v) is 19.0. The van der Waals surface area contributed by atoms with E-state index in [1.165, 1.54) is 24.3 Å². The summed E-state index contributed by atoms with van der Waals surface area (Å²) in [6, 6.07) is 17.8. The van der Waals surface area contributed by atoms with Crippen molar-refractivity contribution >= 4 is 56.4 Å². The zero-order chi connectivity index (χ0) is 22.4. The van der Waals surface area contributed by atoms with Gasteiger partial charge in [-0.2, -0.15) is 0 Å². The first kappa shape index (κ1) is 23.4. The Morgan fingerprint density at radius 1 is 0.871 bits per heavy atom. The third-order valence-corrected chi connectivity index (χ3v) is 6.52. The molecule has 6 nitrogen and oxygen atoms in total. The van der Waals surface area contributed by atoms with E-state index in [1.54, 1.807) is 12.1 Å². The summed E-state index contributed by atoms with van der Waals surface area (Å²) in [4.78, 5) is 12.1. The summed E-state index contributed by atoms with van der Waals surface area (Å²) >= 11 is 17.9. The van der Waals surface area contributed by atoms with Gasteiger partial charge in [0.1, 0.15) is 5.75 Å². The molecule has 0 saturated carbocycles. The first-order chi connectivity index (χ1) is 14.7. The van der Waals surface area contributed by atoms with Crippen molar-refractivity contribution < 1.29 is 17.9 Å². The van der Waals surface area contributed by atoms with E-state index in [0.29, 0.717) is 15.7 Å². The fourth-order valence-corrected chi connectivity index (χ4v) is 4.18. The van der Waals surface area contributed by atoms with Crippen LogP contribution in [0, 0.1) is 0 Å². The Morgan fingerprint density at radius 3 is 2.29 bits per heavy atom. The molecular weight excluding hydrogens is 483 g/mol. The molecule has 3 aromatic rings. The number of hydrogen-bond donors (Lipinski definition) is 2. The first-order valence-electron chi connectivity index (χ1n) is 8.95. The Balaban J connectivity index is 1.59. The Bertz CT molecular complexity index is 1190. The van der Waals surface area contributed by atoms with Gasteiger partial charge < -0.3 is 10.1 Å². The maximum atomic E-state index is 12.5. The lowest BCUT2D eigenvalue weighted by Gasteiger charge is -2.11. The van der Waals surface area contributed by atoms with Crippen LogP contribution >= 0.6 is 34.8 Å². The molecule has 0 radical (unpaired) electrons. The van der Waals surface area contributed by atoms with Crippen LogP contribution in [0.5, 0.6) is 5.75 Å². The highest BCUT2D eigenvalue weighted by Gasteiger charge is 2.16. The summed E-state index contributed by atoms with van der Waals surface area (Å²) in [5.74, 6) is -0.274. The molecule has 31 heavy (non-hydrogen) atoms. The molecular formula is C21H17Cl3N2O4S. The molecule has 162 valence electrons. The van der Waals surface area contributed by atoms with Crippen LogP contribution in [0.25, 0.3) is 0 Å². The van der Waals surface area contributed by atoms with Crippen molar-refractivity contribution in [3.8, 4) is 5.75 Å². The summed E-state index contributed by atoms with van der Waals surface area (Å²) in [7, 11) is -3.77. The molecule has 0 spiro atoms. The van der Waals surface area contributed by atoms with Crippen molar-refractivity contribution in [1.82, 2.24) is 4.72 Å². The molecule has 2 N–H and O–H groups in total. The summed E-state index contributed by atoms with van der Waals surface area (Å²) in [6.07, 6.45) is 0. The van der Waals surface area contributed by atoms with Crippen molar-refractivity contribution in [2.75, 3.05) is 11.9 Å². The second-order valence-corrected chi connectivity index (χ2v) is 9.36. The molecule has 0 aromatic heterocycles. The lowest BCUT2D eigenvalue weighted by atomic mass is 10.2. The molecule has 0 fully saturated rings. The number of ether oxygens (including phenoxy) is 1. The van der Waals surface area contributed by atoms with Crippen LogP contribution < -0.4 is 14.8 Å². The molecule has 0 aliphatic carbocycles. The number of rotatable bonds is 8. The lowest BCUT2D eigenvalue weighted by molar-refractivity contribution is -0.118. The van der Waals surface area contributed by atoms with Crippen molar-refractivity contribution in [3.05, 3.63) is 87.4 Å². The number of amides is 1. The molecule has 10 heteroatoms. The number of nitrogens with one attached hydrogen (secondary N) is 2. The molecule has 0 heterocycles. The minimum absolute atomic E-state index is 0.0129. The van der Waals surface area contributed by atoms with Crippen LogP contribution in [-0.4, -0.2) is 20.9 Å².